The van der Waals surface area contributed by atoms with Gasteiger partial charge in [-0.25, -0.2) is 0 Å². The molecular formula is C13H19LiOP. The van der Waals surface area contributed by atoms with E-state index in [-0.39, 0.29) is 18.9 Å². The van der Waals surface area contributed by atoms with Crippen LogP contribution in [0.15, 0.2) is 18.2 Å². The first-order valence-corrected chi connectivity index (χ1v) is 6.40. The van der Waals surface area contributed by atoms with Gasteiger partial charge in [0.2, 0.25) is 0 Å². The Morgan fingerprint density at radius 1 is 1.19 bits per heavy atom. The molecule has 1 aromatic rings. The van der Waals surface area contributed by atoms with Crippen LogP contribution in [0.1, 0.15) is 41.8 Å². The molecule has 0 heterocycles. The molecule has 0 N–H and O–H groups in total. The zero-order valence-corrected chi connectivity index (χ0v) is 11.7. The van der Waals surface area contributed by atoms with E-state index in [1.807, 2.05) is 0 Å². The van der Waals surface area contributed by atoms with Crippen molar-refractivity contribution in [1.82, 2.24) is 0 Å². The maximum atomic E-state index is 12.0. The van der Waals surface area contributed by atoms with Gasteiger partial charge in [-0.05, 0) is 30.1 Å². The van der Waals surface area contributed by atoms with Gasteiger partial charge in [0.15, 0.2) is 5.78 Å². The van der Waals surface area contributed by atoms with Crippen LogP contribution in [0.25, 0.3) is 0 Å². The smallest absolute Gasteiger partial charge is 0.163 e. The van der Waals surface area contributed by atoms with E-state index < -0.39 is 0 Å². The summed E-state index contributed by atoms with van der Waals surface area (Å²) in [5.74, 6) is 0.291. The van der Waals surface area contributed by atoms with Crippen LogP contribution in [0.2, 0.25) is 0 Å². The predicted octanol–water partition coefficient (Wildman–Crippen LogP) is 2.88. The SMILES string of the molecule is CCc1cccc(CC)c1C(=O)CCP.[Li]. The minimum absolute atomic E-state index is 0. The number of Topliss-reactive ketones (excluding diaryl/α,β-unsaturated/α-hetero) is 1. The first-order valence-electron chi connectivity index (χ1n) is 5.58. The Kier molecular flexibility index (Phi) is 8.03. The van der Waals surface area contributed by atoms with Gasteiger partial charge < -0.3 is 0 Å². The summed E-state index contributed by atoms with van der Waals surface area (Å²) in [5, 5.41) is 0. The molecule has 0 saturated carbocycles. The maximum absolute atomic E-state index is 12.0. The third-order valence-electron chi connectivity index (χ3n) is 2.65. The van der Waals surface area contributed by atoms with Crippen LogP contribution in [-0.2, 0) is 12.8 Å². The first-order chi connectivity index (χ1) is 7.24. The van der Waals surface area contributed by atoms with Crippen molar-refractivity contribution in [3.63, 3.8) is 0 Å². The normalized spacial score (nSPS) is 9.69. The van der Waals surface area contributed by atoms with Crippen molar-refractivity contribution in [2.45, 2.75) is 33.1 Å². The third-order valence-corrected chi connectivity index (χ3v) is 2.94. The van der Waals surface area contributed by atoms with Gasteiger partial charge in [0, 0.05) is 30.8 Å². The molecule has 0 aliphatic rings. The maximum Gasteiger partial charge on any atom is 0.163 e. The zero-order valence-electron chi connectivity index (χ0n) is 10.5. The molecule has 1 radical (unpaired) electrons. The molecule has 3 heteroatoms. The average Bonchev–Trinajstić information content (AvgIpc) is 2.28. The van der Waals surface area contributed by atoms with E-state index in [9.17, 15) is 4.79 Å². The molecule has 0 bridgehead atoms. The molecule has 16 heavy (non-hydrogen) atoms. The van der Waals surface area contributed by atoms with Crippen LogP contribution in [0.4, 0.5) is 0 Å². The third kappa shape index (κ3) is 3.74. The predicted molar refractivity (Wildman–Crippen MR) is 74.5 cm³/mol. The Morgan fingerprint density at radius 3 is 2.06 bits per heavy atom. The molecule has 1 rings (SSSR count). The molecule has 1 aromatic carbocycles. The van der Waals surface area contributed by atoms with Crippen molar-refractivity contribution in [3.8, 4) is 0 Å². The Bertz CT molecular complexity index is 328. The molecular weight excluding hydrogens is 210 g/mol. The second-order valence-corrected chi connectivity index (χ2v) is 4.20. The van der Waals surface area contributed by atoms with E-state index in [0.717, 1.165) is 24.6 Å². The summed E-state index contributed by atoms with van der Waals surface area (Å²) in [6.07, 6.45) is 3.35. The summed E-state index contributed by atoms with van der Waals surface area (Å²) < 4.78 is 0. The van der Waals surface area contributed by atoms with Crippen LogP contribution in [0, 0.1) is 0 Å². The van der Waals surface area contributed by atoms with E-state index in [0.29, 0.717) is 12.2 Å². The molecule has 1 unspecified atom stereocenters. The van der Waals surface area contributed by atoms with Crippen molar-refractivity contribution in [2.24, 2.45) is 0 Å². The van der Waals surface area contributed by atoms with Crippen LogP contribution in [0.5, 0.6) is 0 Å². The topological polar surface area (TPSA) is 17.1 Å². The van der Waals surface area contributed by atoms with Gasteiger partial charge >= 0.3 is 0 Å². The van der Waals surface area contributed by atoms with Crippen LogP contribution >= 0.6 is 9.24 Å². The van der Waals surface area contributed by atoms with Gasteiger partial charge in [-0.1, -0.05) is 32.0 Å². The Hall–Kier alpha value is -0.0826. The number of ketones is 1. The Labute approximate surface area is 113 Å². The molecule has 0 aliphatic heterocycles. The van der Waals surface area contributed by atoms with E-state index in [1.54, 1.807) is 0 Å². The molecule has 0 aliphatic carbocycles. The summed E-state index contributed by atoms with van der Waals surface area (Å²) in [4.78, 5) is 12.0. The molecule has 0 fully saturated rings. The van der Waals surface area contributed by atoms with E-state index in [4.69, 9.17) is 0 Å². The number of carbonyl (C=O) groups is 1. The Balaban J connectivity index is 0.00000225. The van der Waals surface area contributed by atoms with Crippen molar-refractivity contribution in [3.05, 3.63) is 34.9 Å². The standard InChI is InChI=1S/C13H19OP.Li/c1-3-10-6-5-7-11(4-2)13(10)12(14)8-9-15;/h5-7H,3-4,8-9,15H2,1-2H3;. The molecule has 1 atom stereocenters. The summed E-state index contributed by atoms with van der Waals surface area (Å²) >= 11 is 0. The minimum Gasteiger partial charge on any atom is -0.294 e. The number of benzene rings is 1. The van der Waals surface area contributed by atoms with Crippen molar-refractivity contribution >= 4 is 33.9 Å². The molecule has 1 nitrogen and oxygen atoms in total. The van der Waals surface area contributed by atoms with Crippen LogP contribution < -0.4 is 0 Å². The fourth-order valence-corrected chi connectivity index (χ4v) is 2.12. The molecule has 0 saturated heterocycles. The number of aryl methyl sites for hydroxylation is 2. The number of rotatable bonds is 5. The molecule has 0 aromatic heterocycles. The van der Waals surface area contributed by atoms with E-state index in [1.165, 1.54) is 11.1 Å². The summed E-state index contributed by atoms with van der Waals surface area (Å²) in [6, 6.07) is 6.18. The van der Waals surface area contributed by atoms with Crippen molar-refractivity contribution < 1.29 is 4.79 Å². The van der Waals surface area contributed by atoms with E-state index >= 15 is 0 Å². The monoisotopic (exact) mass is 229 g/mol. The Morgan fingerprint density at radius 2 is 1.69 bits per heavy atom. The summed E-state index contributed by atoms with van der Waals surface area (Å²) in [5.41, 5.74) is 3.36. The number of hydrogen-bond acceptors (Lipinski definition) is 1. The minimum atomic E-state index is 0. The van der Waals surface area contributed by atoms with Crippen molar-refractivity contribution in [1.29, 1.82) is 0 Å². The fraction of sp³-hybridized carbons (Fsp3) is 0.462. The largest absolute Gasteiger partial charge is 0.294 e. The molecule has 83 valence electrons. The van der Waals surface area contributed by atoms with E-state index in [2.05, 4.69) is 41.3 Å². The first kappa shape index (κ1) is 15.9. The zero-order chi connectivity index (χ0) is 11.3. The summed E-state index contributed by atoms with van der Waals surface area (Å²) in [7, 11) is 2.62. The van der Waals surface area contributed by atoms with Gasteiger partial charge in [0.25, 0.3) is 0 Å². The quantitative estimate of drug-likeness (QED) is 0.431. The molecule has 0 amide bonds. The average molecular weight is 229 g/mol. The van der Waals surface area contributed by atoms with Gasteiger partial charge in [-0.15, -0.1) is 9.24 Å². The second kappa shape index (κ2) is 8.07. The number of carbonyl (C=O) groups excluding carboxylic acids is 1. The number of hydrogen-bond donors (Lipinski definition) is 0. The van der Waals surface area contributed by atoms with Gasteiger partial charge in [-0.2, -0.15) is 0 Å². The summed E-state index contributed by atoms with van der Waals surface area (Å²) in [6.45, 7) is 4.21. The van der Waals surface area contributed by atoms with Crippen LogP contribution in [0.3, 0.4) is 0 Å². The van der Waals surface area contributed by atoms with Crippen LogP contribution in [-0.4, -0.2) is 30.8 Å². The van der Waals surface area contributed by atoms with Gasteiger partial charge in [0.05, 0.1) is 0 Å². The molecule has 0 spiro atoms. The van der Waals surface area contributed by atoms with Gasteiger partial charge in [-0.3, -0.25) is 4.79 Å². The van der Waals surface area contributed by atoms with Crippen molar-refractivity contribution in [2.75, 3.05) is 6.16 Å². The fourth-order valence-electron chi connectivity index (χ4n) is 1.86. The second-order valence-electron chi connectivity index (χ2n) is 3.62. The van der Waals surface area contributed by atoms with Gasteiger partial charge in [0.1, 0.15) is 0 Å².